The maximum atomic E-state index is 16.1. The Hall–Kier alpha value is -3.39. The lowest BCUT2D eigenvalue weighted by Gasteiger charge is -2.29. The first kappa shape index (κ1) is 30.6. The number of aliphatic hydroxyl groups excluding tert-OH is 1. The summed E-state index contributed by atoms with van der Waals surface area (Å²) in [6.07, 6.45) is -3.68. The van der Waals surface area contributed by atoms with Gasteiger partial charge < -0.3 is 24.2 Å². The summed E-state index contributed by atoms with van der Waals surface area (Å²) in [5.74, 6) is -3.95. The molecule has 1 aliphatic heterocycles. The lowest BCUT2D eigenvalue weighted by molar-refractivity contribution is -0.204. The normalized spacial score (nSPS) is 26.5. The quantitative estimate of drug-likeness (QED) is 0.199. The second-order valence-electron chi connectivity index (χ2n) is 10.1. The van der Waals surface area contributed by atoms with E-state index in [0.717, 1.165) is 24.6 Å². The van der Waals surface area contributed by atoms with Gasteiger partial charge in [0.25, 0.3) is 11.4 Å². The van der Waals surface area contributed by atoms with Crippen molar-refractivity contribution in [1.82, 2.24) is 14.6 Å². The Bertz CT molecular complexity index is 1590. The highest BCUT2D eigenvalue weighted by Crippen LogP contribution is 2.51. The number of carbonyl (C=O) groups excluding carboxylic acids is 1. The van der Waals surface area contributed by atoms with Crippen LogP contribution in [0.15, 0.2) is 64.3 Å². The molecule has 1 saturated heterocycles. The maximum Gasteiger partial charge on any atom is 0.459 e. The Kier molecular flexibility index (Phi) is 8.55. The minimum absolute atomic E-state index is 0.0776. The lowest BCUT2D eigenvalue weighted by atomic mass is 9.95. The molecule has 0 saturated carbocycles. The smallest absolute Gasteiger partial charge is 0.459 e. The van der Waals surface area contributed by atoms with Crippen LogP contribution in [0.3, 0.4) is 0 Å². The standard InChI is InChI=1S/C26H31FN3O10P/c1-15(2)38-21(32)16(3)29-41(36,40-19-11-7-9-17-8-5-6-10-18(17)19)37-14-26(27)22(33)25(4,35)23(39-26)30-13-12-20(31)28-24(30)34/h5-13,15-16,22-23,33,35H,14H2,1-4H3,(H,29,36)(H,28,31,34). The van der Waals surface area contributed by atoms with E-state index in [1.807, 2.05) is 4.98 Å². The number of carbonyl (C=O) groups is 1. The first-order valence-corrected chi connectivity index (χ1v) is 14.2. The third kappa shape index (κ3) is 6.43. The number of fused-ring (bicyclic) bond motifs is 1. The van der Waals surface area contributed by atoms with Crippen LogP contribution in [-0.2, 0) is 23.4 Å². The van der Waals surface area contributed by atoms with Crippen LogP contribution < -0.4 is 20.9 Å². The molecule has 6 unspecified atom stereocenters. The lowest BCUT2D eigenvalue weighted by Crippen LogP contribution is -2.50. The van der Waals surface area contributed by atoms with Crippen molar-refractivity contribution < 1.29 is 42.5 Å². The number of aromatic amines is 1. The molecule has 222 valence electrons. The van der Waals surface area contributed by atoms with E-state index in [9.17, 15) is 29.2 Å². The molecule has 1 aromatic heterocycles. The molecule has 6 atom stereocenters. The first-order valence-electron chi connectivity index (χ1n) is 12.6. The molecule has 15 heteroatoms. The number of hydrogen-bond donors (Lipinski definition) is 4. The highest BCUT2D eigenvalue weighted by Gasteiger charge is 2.63. The second-order valence-corrected chi connectivity index (χ2v) is 11.8. The Labute approximate surface area is 233 Å². The second kappa shape index (κ2) is 11.5. The van der Waals surface area contributed by atoms with Gasteiger partial charge in [0.1, 0.15) is 30.1 Å². The Morgan fingerprint density at radius 2 is 1.88 bits per heavy atom. The molecule has 13 nitrogen and oxygen atoms in total. The van der Waals surface area contributed by atoms with Crippen LogP contribution in [0.1, 0.15) is 33.9 Å². The van der Waals surface area contributed by atoms with Crippen LogP contribution in [0.5, 0.6) is 5.75 Å². The molecule has 0 radical (unpaired) electrons. The van der Waals surface area contributed by atoms with Crippen molar-refractivity contribution >= 4 is 24.5 Å². The molecule has 1 fully saturated rings. The van der Waals surface area contributed by atoms with Gasteiger partial charge in [-0.2, -0.15) is 5.09 Å². The van der Waals surface area contributed by atoms with E-state index in [4.69, 9.17) is 18.5 Å². The van der Waals surface area contributed by atoms with E-state index in [1.165, 1.54) is 13.0 Å². The van der Waals surface area contributed by atoms with Gasteiger partial charge in [-0.3, -0.25) is 23.7 Å². The number of benzene rings is 2. The Morgan fingerprint density at radius 3 is 2.56 bits per heavy atom. The minimum atomic E-state index is -4.65. The van der Waals surface area contributed by atoms with Crippen molar-refractivity contribution in [3.63, 3.8) is 0 Å². The number of H-pyrrole nitrogens is 1. The van der Waals surface area contributed by atoms with E-state index in [-0.39, 0.29) is 5.75 Å². The van der Waals surface area contributed by atoms with Gasteiger partial charge in [0, 0.05) is 17.6 Å². The van der Waals surface area contributed by atoms with Gasteiger partial charge in [0.15, 0.2) is 6.23 Å². The molecule has 0 bridgehead atoms. The van der Waals surface area contributed by atoms with Crippen LogP contribution in [0, 0.1) is 0 Å². The fourth-order valence-corrected chi connectivity index (χ4v) is 5.82. The molecule has 2 heterocycles. The summed E-state index contributed by atoms with van der Waals surface area (Å²) in [5, 5.41) is 25.3. The van der Waals surface area contributed by atoms with Gasteiger partial charge in [-0.1, -0.05) is 36.4 Å². The van der Waals surface area contributed by atoms with Gasteiger partial charge in [-0.15, -0.1) is 0 Å². The van der Waals surface area contributed by atoms with Crippen molar-refractivity contribution in [2.45, 2.75) is 63.6 Å². The summed E-state index contributed by atoms with van der Waals surface area (Å²) in [4.78, 5) is 38.1. The topological polar surface area (TPSA) is 178 Å². The van der Waals surface area contributed by atoms with Gasteiger partial charge in [0.2, 0.25) is 0 Å². The zero-order valence-electron chi connectivity index (χ0n) is 22.6. The third-order valence-electron chi connectivity index (χ3n) is 6.33. The van der Waals surface area contributed by atoms with Crippen LogP contribution in [-0.4, -0.2) is 62.0 Å². The summed E-state index contributed by atoms with van der Waals surface area (Å²) in [7, 11) is -4.65. The summed E-state index contributed by atoms with van der Waals surface area (Å²) in [6.45, 7) is 4.31. The summed E-state index contributed by atoms with van der Waals surface area (Å²) < 4.78 is 52.3. The van der Waals surface area contributed by atoms with Crippen molar-refractivity contribution in [3.05, 3.63) is 75.6 Å². The van der Waals surface area contributed by atoms with E-state index >= 15 is 4.39 Å². The van der Waals surface area contributed by atoms with Crippen LogP contribution in [0.2, 0.25) is 0 Å². The number of rotatable bonds is 10. The molecule has 41 heavy (non-hydrogen) atoms. The van der Waals surface area contributed by atoms with Gasteiger partial charge in [0.05, 0.1) is 6.10 Å². The number of nitrogens with one attached hydrogen (secondary N) is 2. The van der Waals surface area contributed by atoms with Gasteiger partial charge >= 0.3 is 19.4 Å². The Balaban J connectivity index is 1.64. The van der Waals surface area contributed by atoms with Crippen molar-refractivity contribution in [1.29, 1.82) is 0 Å². The molecule has 0 amide bonds. The van der Waals surface area contributed by atoms with Crippen LogP contribution >= 0.6 is 7.75 Å². The van der Waals surface area contributed by atoms with E-state index in [2.05, 4.69) is 5.09 Å². The average Bonchev–Trinajstić information content (AvgIpc) is 3.07. The fraction of sp³-hybridized carbons (Fsp3) is 0.423. The summed E-state index contributed by atoms with van der Waals surface area (Å²) in [5.41, 5.74) is -4.20. The fourth-order valence-electron chi connectivity index (χ4n) is 4.30. The molecule has 3 aromatic rings. The molecule has 4 rings (SSSR count). The zero-order chi connectivity index (χ0) is 30.2. The number of aliphatic hydroxyl groups is 2. The maximum absolute atomic E-state index is 16.1. The highest BCUT2D eigenvalue weighted by atomic mass is 31.2. The van der Waals surface area contributed by atoms with Gasteiger partial charge in [-0.05, 0) is 39.1 Å². The monoisotopic (exact) mass is 595 g/mol. The molecule has 0 spiro atoms. The summed E-state index contributed by atoms with van der Waals surface area (Å²) in [6, 6.07) is 11.6. The van der Waals surface area contributed by atoms with E-state index < -0.39 is 67.5 Å². The van der Waals surface area contributed by atoms with Gasteiger partial charge in [-0.25, -0.2) is 13.8 Å². The number of alkyl halides is 1. The number of aromatic nitrogens is 2. The van der Waals surface area contributed by atoms with Crippen molar-refractivity contribution in [2.24, 2.45) is 0 Å². The predicted molar refractivity (Wildman–Crippen MR) is 144 cm³/mol. The molecule has 1 aliphatic rings. The van der Waals surface area contributed by atoms with Crippen molar-refractivity contribution in [2.75, 3.05) is 6.61 Å². The summed E-state index contributed by atoms with van der Waals surface area (Å²) >= 11 is 0. The first-order chi connectivity index (χ1) is 19.1. The van der Waals surface area contributed by atoms with Crippen LogP contribution in [0.4, 0.5) is 4.39 Å². The minimum Gasteiger partial charge on any atom is -0.462 e. The number of ether oxygens (including phenoxy) is 2. The van der Waals surface area contributed by atoms with Crippen LogP contribution in [0.25, 0.3) is 10.8 Å². The number of halogens is 1. The SMILES string of the molecule is CC(C)OC(=O)C(C)NP(=O)(OCC1(F)OC(n2ccc(=O)[nH]c2=O)C(C)(O)C1O)Oc1cccc2ccccc12. The number of hydrogen-bond acceptors (Lipinski definition) is 10. The van der Waals surface area contributed by atoms with E-state index in [1.54, 1.807) is 50.2 Å². The zero-order valence-corrected chi connectivity index (χ0v) is 23.5. The molecular formula is C26H31FN3O10P. The molecule has 2 aromatic carbocycles. The molecule has 4 N–H and O–H groups in total. The molecule has 0 aliphatic carbocycles. The highest BCUT2D eigenvalue weighted by molar-refractivity contribution is 7.52. The van der Waals surface area contributed by atoms with Crippen molar-refractivity contribution in [3.8, 4) is 5.75 Å². The molecular weight excluding hydrogens is 564 g/mol. The average molecular weight is 596 g/mol. The largest absolute Gasteiger partial charge is 0.462 e. The Morgan fingerprint density at radius 1 is 1.20 bits per heavy atom. The third-order valence-corrected chi connectivity index (χ3v) is 7.94. The predicted octanol–water partition coefficient (Wildman–Crippen LogP) is 2.13. The van der Waals surface area contributed by atoms with E-state index in [0.29, 0.717) is 9.95 Å². The number of nitrogens with zero attached hydrogens (tertiary/aromatic N) is 1. The number of esters is 1.